The second-order valence-corrected chi connectivity index (χ2v) is 5.72. The zero-order valence-corrected chi connectivity index (χ0v) is 13.1. The molecule has 0 spiro atoms. The Balaban J connectivity index is 2.10. The highest BCUT2D eigenvalue weighted by molar-refractivity contribution is 9.10. The Kier molecular flexibility index (Phi) is 8.06. The van der Waals surface area contributed by atoms with Gasteiger partial charge in [-0.05, 0) is 41.8 Å². The second kappa shape index (κ2) is 9.37. The summed E-state index contributed by atoms with van der Waals surface area (Å²) in [7, 11) is 0. The van der Waals surface area contributed by atoms with E-state index in [9.17, 15) is 0 Å². The van der Waals surface area contributed by atoms with Crippen LogP contribution < -0.4 is 4.74 Å². The van der Waals surface area contributed by atoms with Crippen LogP contribution in [-0.2, 0) is 0 Å². The van der Waals surface area contributed by atoms with Crippen LogP contribution in [0, 0.1) is 0 Å². The van der Waals surface area contributed by atoms with Gasteiger partial charge in [-0.2, -0.15) is 0 Å². The van der Waals surface area contributed by atoms with Crippen LogP contribution in [0.4, 0.5) is 0 Å². The molecule has 0 fully saturated rings. The molecule has 1 aromatic heterocycles. The number of rotatable bonds is 9. The van der Waals surface area contributed by atoms with Crippen LogP contribution in [0.2, 0.25) is 0 Å². The fourth-order valence-corrected chi connectivity index (χ4v) is 2.14. The van der Waals surface area contributed by atoms with Crippen molar-refractivity contribution in [3.05, 3.63) is 22.8 Å². The Morgan fingerprint density at radius 3 is 2.56 bits per heavy atom. The van der Waals surface area contributed by atoms with Crippen LogP contribution in [0.15, 0.2) is 22.8 Å². The average molecular weight is 314 g/mol. The molecule has 0 N–H and O–H groups in total. The molecular formula is C15H24BrNO. The standard InChI is InChI=1S/C15H24BrNO/c1-3-4-5-6-7-8-9-13(2)18-15-11-10-14(16)12-17-15/h10-13H,3-9H2,1-2H3. The molecule has 1 heterocycles. The second-order valence-electron chi connectivity index (χ2n) is 4.80. The van der Waals surface area contributed by atoms with Crippen LogP contribution in [0.3, 0.4) is 0 Å². The number of hydrogen-bond acceptors (Lipinski definition) is 2. The van der Waals surface area contributed by atoms with Gasteiger partial charge in [0.05, 0.1) is 6.10 Å². The number of halogens is 1. The predicted molar refractivity (Wildman–Crippen MR) is 80.0 cm³/mol. The van der Waals surface area contributed by atoms with E-state index in [1.165, 1.54) is 38.5 Å². The normalized spacial score (nSPS) is 12.4. The van der Waals surface area contributed by atoms with Gasteiger partial charge in [-0.25, -0.2) is 4.98 Å². The van der Waals surface area contributed by atoms with Crippen molar-refractivity contribution < 1.29 is 4.74 Å². The van der Waals surface area contributed by atoms with Crippen molar-refractivity contribution in [1.29, 1.82) is 0 Å². The summed E-state index contributed by atoms with van der Waals surface area (Å²) in [5.41, 5.74) is 0. The number of nitrogens with zero attached hydrogens (tertiary/aromatic N) is 1. The monoisotopic (exact) mass is 313 g/mol. The lowest BCUT2D eigenvalue weighted by atomic mass is 10.1. The summed E-state index contributed by atoms with van der Waals surface area (Å²) >= 11 is 3.37. The quantitative estimate of drug-likeness (QED) is 0.572. The Bertz CT molecular complexity index is 313. The summed E-state index contributed by atoms with van der Waals surface area (Å²) in [5, 5.41) is 0. The number of unbranched alkanes of at least 4 members (excludes halogenated alkanes) is 5. The molecule has 0 amide bonds. The SMILES string of the molecule is CCCCCCCCC(C)Oc1ccc(Br)cn1. The summed E-state index contributed by atoms with van der Waals surface area (Å²) in [4.78, 5) is 4.22. The van der Waals surface area contributed by atoms with Gasteiger partial charge >= 0.3 is 0 Å². The van der Waals surface area contributed by atoms with E-state index in [2.05, 4.69) is 34.8 Å². The summed E-state index contributed by atoms with van der Waals surface area (Å²) in [6, 6.07) is 3.86. The van der Waals surface area contributed by atoms with Crippen molar-refractivity contribution in [3.63, 3.8) is 0 Å². The van der Waals surface area contributed by atoms with E-state index in [1.54, 1.807) is 6.20 Å². The van der Waals surface area contributed by atoms with Gasteiger partial charge in [-0.15, -0.1) is 0 Å². The molecule has 1 aromatic rings. The molecule has 1 rings (SSSR count). The van der Waals surface area contributed by atoms with Crippen molar-refractivity contribution in [2.75, 3.05) is 0 Å². The fraction of sp³-hybridized carbons (Fsp3) is 0.667. The first-order valence-corrected chi connectivity index (χ1v) is 7.80. The summed E-state index contributed by atoms with van der Waals surface area (Å²) in [6.45, 7) is 4.37. The fourth-order valence-electron chi connectivity index (χ4n) is 1.91. The maximum Gasteiger partial charge on any atom is 0.213 e. The molecule has 2 nitrogen and oxygen atoms in total. The average Bonchev–Trinajstić information content (AvgIpc) is 2.36. The highest BCUT2D eigenvalue weighted by atomic mass is 79.9. The van der Waals surface area contributed by atoms with E-state index in [4.69, 9.17) is 4.74 Å². The lowest BCUT2D eigenvalue weighted by Gasteiger charge is -2.13. The van der Waals surface area contributed by atoms with Gasteiger partial charge in [0.15, 0.2) is 0 Å². The molecule has 1 unspecified atom stereocenters. The Hall–Kier alpha value is -0.570. The Labute approximate surface area is 119 Å². The third-order valence-electron chi connectivity index (χ3n) is 2.99. The van der Waals surface area contributed by atoms with Gasteiger partial charge in [0.2, 0.25) is 5.88 Å². The van der Waals surface area contributed by atoms with Crippen LogP contribution >= 0.6 is 15.9 Å². The van der Waals surface area contributed by atoms with Crippen LogP contribution in [-0.4, -0.2) is 11.1 Å². The summed E-state index contributed by atoms with van der Waals surface area (Å²) < 4.78 is 6.75. The zero-order chi connectivity index (χ0) is 13.2. The smallest absolute Gasteiger partial charge is 0.213 e. The zero-order valence-electron chi connectivity index (χ0n) is 11.5. The maximum atomic E-state index is 5.77. The van der Waals surface area contributed by atoms with Crippen LogP contribution in [0.1, 0.15) is 58.8 Å². The van der Waals surface area contributed by atoms with E-state index in [0.717, 1.165) is 16.8 Å². The molecule has 18 heavy (non-hydrogen) atoms. The minimum Gasteiger partial charge on any atom is -0.475 e. The molecule has 0 bridgehead atoms. The molecule has 3 heteroatoms. The van der Waals surface area contributed by atoms with Crippen molar-refractivity contribution in [2.45, 2.75) is 64.9 Å². The molecule has 0 aromatic carbocycles. The van der Waals surface area contributed by atoms with E-state index < -0.39 is 0 Å². The molecule has 0 radical (unpaired) electrons. The molecular weight excluding hydrogens is 290 g/mol. The highest BCUT2D eigenvalue weighted by Crippen LogP contribution is 2.16. The van der Waals surface area contributed by atoms with Gasteiger partial charge in [0, 0.05) is 16.7 Å². The molecule has 0 saturated heterocycles. The van der Waals surface area contributed by atoms with Gasteiger partial charge in [0.25, 0.3) is 0 Å². The van der Waals surface area contributed by atoms with E-state index in [1.807, 2.05) is 12.1 Å². The van der Waals surface area contributed by atoms with E-state index >= 15 is 0 Å². The third-order valence-corrected chi connectivity index (χ3v) is 3.46. The first-order valence-electron chi connectivity index (χ1n) is 7.00. The van der Waals surface area contributed by atoms with E-state index in [-0.39, 0.29) is 6.10 Å². The largest absolute Gasteiger partial charge is 0.475 e. The first kappa shape index (κ1) is 15.5. The van der Waals surface area contributed by atoms with Crippen molar-refractivity contribution in [3.8, 4) is 5.88 Å². The molecule has 102 valence electrons. The minimum absolute atomic E-state index is 0.254. The minimum atomic E-state index is 0.254. The van der Waals surface area contributed by atoms with Gasteiger partial charge in [-0.3, -0.25) is 0 Å². The van der Waals surface area contributed by atoms with Crippen LogP contribution in [0.25, 0.3) is 0 Å². The van der Waals surface area contributed by atoms with Crippen LogP contribution in [0.5, 0.6) is 5.88 Å². The summed E-state index contributed by atoms with van der Waals surface area (Å²) in [6.07, 6.45) is 11.1. The number of aromatic nitrogens is 1. The topological polar surface area (TPSA) is 22.1 Å². The lowest BCUT2D eigenvalue weighted by molar-refractivity contribution is 0.198. The Morgan fingerprint density at radius 2 is 1.89 bits per heavy atom. The maximum absolute atomic E-state index is 5.77. The van der Waals surface area contributed by atoms with Gasteiger partial charge in [0.1, 0.15) is 0 Å². The van der Waals surface area contributed by atoms with Crippen molar-refractivity contribution in [2.24, 2.45) is 0 Å². The van der Waals surface area contributed by atoms with Crippen molar-refractivity contribution >= 4 is 15.9 Å². The van der Waals surface area contributed by atoms with Crippen molar-refractivity contribution in [1.82, 2.24) is 4.98 Å². The van der Waals surface area contributed by atoms with Gasteiger partial charge < -0.3 is 4.74 Å². The van der Waals surface area contributed by atoms with Gasteiger partial charge in [-0.1, -0.05) is 39.0 Å². The first-order chi connectivity index (χ1) is 8.72. The Morgan fingerprint density at radius 1 is 1.17 bits per heavy atom. The predicted octanol–water partition coefficient (Wildman–Crippen LogP) is 5.36. The summed E-state index contributed by atoms with van der Waals surface area (Å²) in [5.74, 6) is 0.719. The number of hydrogen-bond donors (Lipinski definition) is 0. The molecule has 0 aliphatic rings. The third kappa shape index (κ3) is 7.00. The molecule has 0 saturated carbocycles. The molecule has 0 aliphatic heterocycles. The number of pyridine rings is 1. The van der Waals surface area contributed by atoms with E-state index in [0.29, 0.717) is 0 Å². The molecule has 0 aliphatic carbocycles. The molecule has 1 atom stereocenters. The highest BCUT2D eigenvalue weighted by Gasteiger charge is 2.04. The lowest BCUT2D eigenvalue weighted by Crippen LogP contribution is -2.12. The number of ether oxygens (including phenoxy) is 1.